The first-order valence-corrected chi connectivity index (χ1v) is 29.2. The lowest BCUT2D eigenvalue weighted by Gasteiger charge is -2.30. The van der Waals surface area contributed by atoms with E-state index in [1.54, 1.807) is 0 Å². The van der Waals surface area contributed by atoms with Crippen LogP contribution in [0, 0.1) is 0 Å². The summed E-state index contributed by atoms with van der Waals surface area (Å²) in [5.74, 6) is -0.567. The van der Waals surface area contributed by atoms with E-state index < -0.39 is 26.6 Å². The summed E-state index contributed by atoms with van der Waals surface area (Å²) >= 11 is 0. The van der Waals surface area contributed by atoms with Crippen molar-refractivity contribution in [3.63, 3.8) is 0 Å². The number of amides is 1. The number of ether oxygens (including phenoxy) is 1. The van der Waals surface area contributed by atoms with Crippen LogP contribution in [-0.2, 0) is 27.9 Å². The van der Waals surface area contributed by atoms with Crippen molar-refractivity contribution in [1.82, 2.24) is 5.32 Å². The summed E-state index contributed by atoms with van der Waals surface area (Å²) in [5.41, 5.74) is 0. The van der Waals surface area contributed by atoms with Gasteiger partial charge in [-0.15, -0.1) is 0 Å². The molecule has 0 heterocycles. The Bertz CT molecular complexity index is 1400. The predicted octanol–water partition coefficient (Wildman–Crippen LogP) is 15.9. The minimum atomic E-state index is -4.70. The largest absolute Gasteiger partial charge is 0.756 e. The molecule has 0 aromatic carbocycles. The zero-order valence-corrected chi connectivity index (χ0v) is 45.7. The Kier molecular flexibility index (Phi) is 46.3. The zero-order chi connectivity index (χ0) is 50.1. The van der Waals surface area contributed by atoms with Crippen LogP contribution in [0.25, 0.3) is 0 Å². The highest BCUT2D eigenvalue weighted by Gasteiger charge is 2.27. The third-order valence-corrected chi connectivity index (χ3v) is 12.9. The zero-order valence-electron chi connectivity index (χ0n) is 44.8. The SMILES string of the molecule is CC/C=C/C=C/C=C/CCCCCCCCCC(=O)NC(COP(=O)([O-])OCC[N+](C)(C)C)C(/C=C/CCCCCCCCCCCCC)OC(=O)CCCCCCCCC/C=C/C/C=C/CC. The minimum absolute atomic E-state index is 0.0288. The lowest BCUT2D eigenvalue weighted by Crippen LogP contribution is -2.47. The van der Waals surface area contributed by atoms with Crippen LogP contribution in [0.4, 0.5) is 0 Å². The average molecular weight is 973 g/mol. The van der Waals surface area contributed by atoms with Gasteiger partial charge in [-0.3, -0.25) is 14.2 Å². The van der Waals surface area contributed by atoms with Gasteiger partial charge in [0.25, 0.3) is 7.82 Å². The molecule has 1 amide bonds. The topological polar surface area (TPSA) is 114 Å². The standard InChI is InChI=1S/C58H105N2O7P/c1-7-10-13-16-19-22-25-28-30-32-35-38-41-44-47-50-57(61)59-55(54-66-68(63,64)65-53-52-60(4,5)6)56(49-46-43-40-37-34-31-27-24-21-18-15-12-9-3)67-58(62)51-48-45-42-39-36-33-29-26-23-20-17-14-11-8-2/h10-11,13-14,16,19-20,22-23,25,46,49,55-56H,7-9,12,15,17-18,21,24,26-45,47-48,50-54H2,1-6H3,(H-,59,61,63,64)/b13-10+,14-11+,19-16+,23-20+,25-22+,49-46+. The highest BCUT2D eigenvalue weighted by molar-refractivity contribution is 7.45. The first kappa shape index (κ1) is 65.5. The maximum atomic E-state index is 13.5. The van der Waals surface area contributed by atoms with E-state index in [0.29, 0.717) is 17.4 Å². The summed E-state index contributed by atoms with van der Waals surface area (Å²) in [6.07, 6.45) is 60.0. The monoisotopic (exact) mass is 973 g/mol. The third kappa shape index (κ3) is 48.5. The summed E-state index contributed by atoms with van der Waals surface area (Å²) in [6.45, 7) is 6.58. The summed E-state index contributed by atoms with van der Waals surface area (Å²) < 4.78 is 30.2. The van der Waals surface area contributed by atoms with E-state index >= 15 is 0 Å². The van der Waals surface area contributed by atoms with E-state index in [-0.39, 0.29) is 24.9 Å². The molecule has 10 heteroatoms. The number of nitrogens with zero attached hydrogens (tertiary/aromatic N) is 1. The van der Waals surface area contributed by atoms with Gasteiger partial charge in [-0.2, -0.15) is 0 Å². The third-order valence-electron chi connectivity index (χ3n) is 11.9. The molecule has 0 spiro atoms. The molecule has 0 aliphatic carbocycles. The fourth-order valence-corrected chi connectivity index (χ4v) is 8.40. The molecular weight excluding hydrogens is 868 g/mol. The number of likely N-dealkylation sites (N-methyl/N-ethyl adjacent to an activating group) is 1. The van der Waals surface area contributed by atoms with Gasteiger partial charge in [0.05, 0.1) is 33.8 Å². The molecule has 0 aliphatic rings. The first-order valence-electron chi connectivity index (χ1n) is 27.8. The lowest BCUT2D eigenvalue weighted by atomic mass is 10.0. The van der Waals surface area contributed by atoms with Crippen molar-refractivity contribution in [3.8, 4) is 0 Å². The molecule has 68 heavy (non-hydrogen) atoms. The molecule has 0 radical (unpaired) electrons. The molecule has 1 N–H and O–H groups in total. The van der Waals surface area contributed by atoms with Crippen LogP contribution < -0.4 is 10.2 Å². The molecule has 0 saturated heterocycles. The number of phosphoric acid groups is 1. The van der Waals surface area contributed by atoms with Gasteiger partial charge in [-0.1, -0.05) is 216 Å². The van der Waals surface area contributed by atoms with Crippen LogP contribution in [-0.4, -0.2) is 69.4 Å². The Morgan fingerprint density at radius 2 is 1.01 bits per heavy atom. The van der Waals surface area contributed by atoms with Gasteiger partial charge in [0.2, 0.25) is 5.91 Å². The number of esters is 1. The Morgan fingerprint density at radius 1 is 0.544 bits per heavy atom. The van der Waals surface area contributed by atoms with Gasteiger partial charge in [-0.05, 0) is 76.7 Å². The Morgan fingerprint density at radius 3 is 1.56 bits per heavy atom. The van der Waals surface area contributed by atoms with Crippen LogP contribution >= 0.6 is 7.82 Å². The van der Waals surface area contributed by atoms with E-state index in [0.717, 1.165) is 103 Å². The fraction of sp³-hybridized carbons (Fsp3) is 0.759. The van der Waals surface area contributed by atoms with E-state index in [4.69, 9.17) is 13.8 Å². The second-order valence-corrected chi connectivity index (χ2v) is 21.1. The van der Waals surface area contributed by atoms with Crippen LogP contribution in [0.3, 0.4) is 0 Å². The minimum Gasteiger partial charge on any atom is -0.756 e. The normalized spacial score (nSPS) is 14.4. The lowest BCUT2D eigenvalue weighted by molar-refractivity contribution is -0.870. The number of nitrogens with one attached hydrogen (secondary N) is 1. The van der Waals surface area contributed by atoms with Gasteiger partial charge in [0.1, 0.15) is 19.3 Å². The molecule has 0 aromatic rings. The van der Waals surface area contributed by atoms with Gasteiger partial charge < -0.3 is 28.5 Å². The van der Waals surface area contributed by atoms with Gasteiger partial charge in [0.15, 0.2) is 0 Å². The van der Waals surface area contributed by atoms with Crippen molar-refractivity contribution in [1.29, 1.82) is 0 Å². The Labute approximate surface area is 419 Å². The van der Waals surface area contributed by atoms with Crippen molar-refractivity contribution in [2.45, 2.75) is 245 Å². The number of phosphoric ester groups is 1. The molecule has 394 valence electrons. The second kappa shape index (κ2) is 48.1. The fourth-order valence-electron chi connectivity index (χ4n) is 7.68. The van der Waals surface area contributed by atoms with Gasteiger partial charge in [-0.25, -0.2) is 0 Å². The summed E-state index contributed by atoms with van der Waals surface area (Å²) in [5, 5.41) is 3.01. The van der Waals surface area contributed by atoms with E-state index in [1.165, 1.54) is 96.3 Å². The quantitative estimate of drug-likeness (QED) is 0.0161. The number of rotatable bonds is 49. The number of carbonyl (C=O) groups is 2. The van der Waals surface area contributed by atoms with Gasteiger partial charge in [0, 0.05) is 12.8 Å². The van der Waals surface area contributed by atoms with Crippen molar-refractivity contribution in [3.05, 3.63) is 72.9 Å². The van der Waals surface area contributed by atoms with Crippen molar-refractivity contribution in [2.75, 3.05) is 40.9 Å². The second-order valence-electron chi connectivity index (χ2n) is 19.7. The average Bonchev–Trinajstić information content (AvgIpc) is 3.29. The molecule has 0 aromatic heterocycles. The first-order chi connectivity index (χ1) is 32.9. The number of unbranched alkanes of at least 4 members (excludes halogenated alkanes) is 25. The highest BCUT2D eigenvalue weighted by atomic mass is 31.2. The summed E-state index contributed by atoms with van der Waals surface area (Å²) in [4.78, 5) is 39.8. The van der Waals surface area contributed by atoms with Crippen molar-refractivity contribution >= 4 is 19.7 Å². The van der Waals surface area contributed by atoms with Crippen molar-refractivity contribution in [2.24, 2.45) is 0 Å². The van der Waals surface area contributed by atoms with Crippen LogP contribution in [0.1, 0.15) is 233 Å². The molecule has 0 rings (SSSR count). The van der Waals surface area contributed by atoms with E-state index in [1.807, 2.05) is 33.3 Å². The van der Waals surface area contributed by atoms with E-state index in [9.17, 15) is 19.0 Å². The van der Waals surface area contributed by atoms with Crippen molar-refractivity contribution < 1.29 is 37.3 Å². The maximum absolute atomic E-state index is 13.5. The number of allylic oxidation sites excluding steroid dienone is 11. The molecule has 0 bridgehead atoms. The Hall–Kier alpha value is -2.55. The van der Waals surface area contributed by atoms with Crippen LogP contribution in [0.2, 0.25) is 0 Å². The van der Waals surface area contributed by atoms with Crippen LogP contribution in [0.5, 0.6) is 0 Å². The molecule has 0 fully saturated rings. The predicted molar refractivity (Wildman–Crippen MR) is 288 cm³/mol. The number of hydrogen-bond acceptors (Lipinski definition) is 7. The summed E-state index contributed by atoms with van der Waals surface area (Å²) in [6, 6.07) is -0.899. The van der Waals surface area contributed by atoms with E-state index in [2.05, 4.69) is 86.8 Å². The smallest absolute Gasteiger partial charge is 0.306 e. The molecule has 3 atom stereocenters. The number of quaternary nitrogens is 1. The molecule has 0 aliphatic heterocycles. The maximum Gasteiger partial charge on any atom is 0.306 e. The van der Waals surface area contributed by atoms with Crippen LogP contribution in [0.15, 0.2) is 72.9 Å². The summed E-state index contributed by atoms with van der Waals surface area (Å²) in [7, 11) is 1.16. The highest BCUT2D eigenvalue weighted by Crippen LogP contribution is 2.38. The molecule has 9 nitrogen and oxygen atoms in total. The number of carbonyl (C=O) groups excluding carboxylic acids is 2. The molecule has 0 saturated carbocycles. The molecular formula is C58H105N2O7P. The number of hydrogen-bond donors (Lipinski definition) is 1. The van der Waals surface area contributed by atoms with Gasteiger partial charge >= 0.3 is 5.97 Å². The molecule has 3 unspecified atom stereocenters. The Balaban J connectivity index is 5.42.